The molecule has 0 aliphatic heterocycles. The SMILES string of the molecule is CCC(C)COc1ccc(S(=O)(=O)c2cc(Cl)c(OCC(C)CCl)c(Cl)c2)cc1. The summed E-state index contributed by atoms with van der Waals surface area (Å²) in [6.45, 7) is 7.01. The maximum Gasteiger partial charge on any atom is 0.206 e. The Morgan fingerprint density at radius 1 is 0.897 bits per heavy atom. The molecule has 2 aromatic carbocycles. The lowest BCUT2D eigenvalue weighted by molar-refractivity contribution is 0.256. The molecular weight excluding hydrogens is 455 g/mol. The van der Waals surface area contributed by atoms with Crippen LogP contribution in [-0.2, 0) is 9.84 Å². The molecule has 0 aliphatic rings. The molecule has 2 unspecified atom stereocenters. The lowest BCUT2D eigenvalue weighted by Gasteiger charge is -2.15. The summed E-state index contributed by atoms with van der Waals surface area (Å²) in [4.78, 5) is 0.128. The quantitative estimate of drug-likeness (QED) is 0.365. The molecule has 29 heavy (non-hydrogen) atoms. The first kappa shape index (κ1) is 24.1. The predicted octanol–water partition coefficient (Wildman–Crippen LogP) is 6.50. The summed E-state index contributed by atoms with van der Waals surface area (Å²) >= 11 is 18.2. The van der Waals surface area contributed by atoms with Crippen molar-refractivity contribution in [2.45, 2.75) is 37.0 Å². The van der Waals surface area contributed by atoms with Gasteiger partial charge in [0.05, 0.1) is 33.0 Å². The van der Waals surface area contributed by atoms with Crippen LogP contribution in [0.25, 0.3) is 0 Å². The first-order valence-electron chi connectivity index (χ1n) is 9.34. The molecule has 8 heteroatoms. The Morgan fingerprint density at radius 2 is 1.45 bits per heavy atom. The molecule has 0 amide bonds. The van der Waals surface area contributed by atoms with Crippen molar-refractivity contribution < 1.29 is 17.9 Å². The molecular formula is C21H25Cl3O4S. The number of hydrogen-bond donors (Lipinski definition) is 0. The highest BCUT2D eigenvalue weighted by Gasteiger charge is 2.22. The van der Waals surface area contributed by atoms with E-state index in [1.807, 2.05) is 6.92 Å². The van der Waals surface area contributed by atoms with Gasteiger partial charge < -0.3 is 9.47 Å². The van der Waals surface area contributed by atoms with Gasteiger partial charge >= 0.3 is 0 Å². The summed E-state index contributed by atoms with van der Waals surface area (Å²) in [5, 5.41) is 0.262. The van der Waals surface area contributed by atoms with Crippen molar-refractivity contribution in [2.75, 3.05) is 19.1 Å². The molecule has 0 bridgehead atoms. The first-order valence-corrected chi connectivity index (χ1v) is 12.1. The molecule has 0 fully saturated rings. The zero-order valence-electron chi connectivity index (χ0n) is 16.6. The van der Waals surface area contributed by atoms with E-state index in [1.54, 1.807) is 12.1 Å². The van der Waals surface area contributed by atoms with Crippen LogP contribution in [0.15, 0.2) is 46.2 Å². The Labute approximate surface area is 188 Å². The number of halogens is 3. The summed E-state index contributed by atoms with van der Waals surface area (Å²) in [7, 11) is -3.79. The fraction of sp³-hybridized carbons (Fsp3) is 0.429. The minimum atomic E-state index is -3.79. The van der Waals surface area contributed by atoms with E-state index in [0.29, 0.717) is 30.8 Å². The van der Waals surface area contributed by atoms with Gasteiger partial charge in [-0.3, -0.25) is 0 Å². The van der Waals surface area contributed by atoms with Crippen LogP contribution in [0.4, 0.5) is 0 Å². The number of ether oxygens (including phenoxy) is 2. The topological polar surface area (TPSA) is 52.6 Å². The Kier molecular flexibility index (Phi) is 8.95. The monoisotopic (exact) mass is 478 g/mol. The van der Waals surface area contributed by atoms with Crippen molar-refractivity contribution in [3.63, 3.8) is 0 Å². The van der Waals surface area contributed by atoms with E-state index >= 15 is 0 Å². The van der Waals surface area contributed by atoms with Crippen LogP contribution in [0.2, 0.25) is 10.0 Å². The van der Waals surface area contributed by atoms with Crippen LogP contribution >= 0.6 is 34.8 Å². The molecule has 2 aromatic rings. The predicted molar refractivity (Wildman–Crippen MR) is 119 cm³/mol. The summed E-state index contributed by atoms with van der Waals surface area (Å²) in [6.07, 6.45) is 1.01. The van der Waals surface area contributed by atoms with E-state index in [9.17, 15) is 8.42 Å². The minimum Gasteiger partial charge on any atom is -0.493 e. The second kappa shape index (κ2) is 10.8. The standard InChI is InChI=1S/C21H25Cl3O4S/c1-4-14(2)12-27-16-5-7-17(8-6-16)29(25,26)18-9-19(23)21(20(24)10-18)28-13-15(3)11-22/h5-10,14-15H,4,11-13H2,1-3H3. The average molecular weight is 480 g/mol. The van der Waals surface area contributed by atoms with Gasteiger partial charge in [-0.05, 0) is 42.3 Å². The van der Waals surface area contributed by atoms with Crippen molar-refractivity contribution in [1.29, 1.82) is 0 Å². The number of alkyl halides is 1. The highest BCUT2D eigenvalue weighted by Crippen LogP contribution is 2.37. The Balaban J connectivity index is 2.22. The van der Waals surface area contributed by atoms with Crippen molar-refractivity contribution in [1.82, 2.24) is 0 Å². The maximum atomic E-state index is 13.0. The van der Waals surface area contributed by atoms with Gasteiger partial charge in [0.1, 0.15) is 5.75 Å². The molecule has 2 atom stereocenters. The van der Waals surface area contributed by atoms with E-state index in [1.165, 1.54) is 24.3 Å². The summed E-state index contributed by atoms with van der Waals surface area (Å²) < 4.78 is 37.2. The van der Waals surface area contributed by atoms with E-state index in [2.05, 4.69) is 13.8 Å². The molecule has 0 aliphatic carbocycles. The Morgan fingerprint density at radius 3 is 1.97 bits per heavy atom. The van der Waals surface area contributed by atoms with E-state index in [0.717, 1.165) is 6.42 Å². The van der Waals surface area contributed by atoms with Gasteiger partial charge in [-0.2, -0.15) is 0 Å². The van der Waals surface area contributed by atoms with E-state index in [-0.39, 0.29) is 31.5 Å². The van der Waals surface area contributed by atoms with Gasteiger partial charge in [0.25, 0.3) is 0 Å². The van der Waals surface area contributed by atoms with Crippen LogP contribution < -0.4 is 9.47 Å². The van der Waals surface area contributed by atoms with Crippen molar-refractivity contribution in [2.24, 2.45) is 11.8 Å². The van der Waals surface area contributed by atoms with E-state index < -0.39 is 9.84 Å². The van der Waals surface area contributed by atoms with Crippen molar-refractivity contribution in [3.05, 3.63) is 46.4 Å². The lowest BCUT2D eigenvalue weighted by atomic mass is 10.1. The smallest absolute Gasteiger partial charge is 0.206 e. The second-order valence-electron chi connectivity index (χ2n) is 7.09. The van der Waals surface area contributed by atoms with Crippen LogP contribution in [0.3, 0.4) is 0 Å². The Bertz CT molecular complexity index is 891. The molecule has 0 aromatic heterocycles. The number of hydrogen-bond acceptors (Lipinski definition) is 4. The summed E-state index contributed by atoms with van der Waals surface area (Å²) in [6, 6.07) is 8.99. The van der Waals surface area contributed by atoms with E-state index in [4.69, 9.17) is 44.3 Å². The van der Waals surface area contributed by atoms with Crippen molar-refractivity contribution >= 4 is 44.6 Å². The van der Waals surface area contributed by atoms with Gasteiger partial charge in [0.2, 0.25) is 9.84 Å². The minimum absolute atomic E-state index is 0.00137. The third-order valence-electron chi connectivity index (χ3n) is 4.42. The molecule has 4 nitrogen and oxygen atoms in total. The third-order valence-corrected chi connectivity index (χ3v) is 7.26. The van der Waals surface area contributed by atoms with Gasteiger partial charge in [-0.25, -0.2) is 8.42 Å². The first-order chi connectivity index (χ1) is 13.7. The maximum absolute atomic E-state index is 13.0. The van der Waals surface area contributed by atoms with Crippen LogP contribution in [-0.4, -0.2) is 27.5 Å². The number of rotatable bonds is 10. The van der Waals surface area contributed by atoms with Gasteiger partial charge in [0.15, 0.2) is 5.75 Å². The third kappa shape index (κ3) is 6.42. The summed E-state index contributed by atoms with van der Waals surface area (Å²) in [5.41, 5.74) is 0. The normalized spacial score (nSPS) is 13.7. The highest BCUT2D eigenvalue weighted by molar-refractivity contribution is 7.91. The second-order valence-corrected chi connectivity index (χ2v) is 10.2. The number of sulfone groups is 1. The molecule has 0 heterocycles. The van der Waals surface area contributed by atoms with Gasteiger partial charge in [0, 0.05) is 11.8 Å². The largest absolute Gasteiger partial charge is 0.493 e. The summed E-state index contributed by atoms with van der Waals surface area (Å²) in [5.74, 6) is 1.83. The van der Waals surface area contributed by atoms with Gasteiger partial charge in [-0.15, -0.1) is 11.6 Å². The molecule has 0 saturated heterocycles. The molecule has 160 valence electrons. The average Bonchev–Trinajstić information content (AvgIpc) is 2.71. The zero-order valence-corrected chi connectivity index (χ0v) is 19.7. The van der Waals surface area contributed by atoms with Crippen LogP contribution in [0.5, 0.6) is 11.5 Å². The number of benzene rings is 2. The fourth-order valence-electron chi connectivity index (χ4n) is 2.31. The van der Waals surface area contributed by atoms with Gasteiger partial charge in [-0.1, -0.05) is 50.4 Å². The molecule has 0 spiro atoms. The van der Waals surface area contributed by atoms with Crippen LogP contribution in [0.1, 0.15) is 27.2 Å². The Hall–Kier alpha value is -1.14. The fourth-order valence-corrected chi connectivity index (χ4v) is 4.43. The molecule has 0 radical (unpaired) electrons. The molecule has 0 saturated carbocycles. The lowest BCUT2D eigenvalue weighted by Crippen LogP contribution is -2.10. The van der Waals surface area contributed by atoms with Crippen LogP contribution in [0, 0.1) is 11.8 Å². The molecule has 2 rings (SSSR count). The van der Waals surface area contributed by atoms with Crippen molar-refractivity contribution in [3.8, 4) is 11.5 Å². The molecule has 0 N–H and O–H groups in total. The highest BCUT2D eigenvalue weighted by atomic mass is 35.5. The zero-order chi connectivity index (χ0) is 21.6.